The van der Waals surface area contributed by atoms with Gasteiger partial charge < -0.3 is 16.4 Å². The van der Waals surface area contributed by atoms with Crippen molar-refractivity contribution in [3.05, 3.63) is 29.6 Å². The van der Waals surface area contributed by atoms with Crippen molar-refractivity contribution in [1.82, 2.24) is 15.3 Å². The number of nitrogens with two attached hydrogens (primary N) is 1. The number of fused-ring (bicyclic) bond motifs is 1. The predicted octanol–water partition coefficient (Wildman–Crippen LogP) is 3.13. The van der Waals surface area contributed by atoms with Crippen molar-refractivity contribution in [3.63, 3.8) is 0 Å². The molecule has 1 amide bonds. The molecule has 2 atom stereocenters. The maximum Gasteiger partial charge on any atom is 0.289 e. The predicted molar refractivity (Wildman–Crippen MR) is 122 cm³/mol. The molecule has 1 fully saturated rings. The Kier molecular flexibility index (Phi) is 7.30. The van der Waals surface area contributed by atoms with E-state index in [-0.39, 0.29) is 23.8 Å². The molecule has 0 radical (unpaired) electrons. The van der Waals surface area contributed by atoms with Crippen LogP contribution in [0.15, 0.2) is 23.2 Å². The number of hydrogen-bond donors (Lipinski definition) is 3. The van der Waals surface area contributed by atoms with Gasteiger partial charge >= 0.3 is 0 Å². The Morgan fingerprint density at radius 1 is 1.31 bits per heavy atom. The van der Waals surface area contributed by atoms with Crippen LogP contribution in [0.4, 0.5) is 5.82 Å². The Balaban J connectivity index is 1.94. The highest BCUT2D eigenvalue weighted by Crippen LogP contribution is 2.28. The molecule has 1 aromatic heterocycles. The summed E-state index contributed by atoms with van der Waals surface area (Å²) in [6.45, 7) is 4.46. The van der Waals surface area contributed by atoms with Gasteiger partial charge in [0.25, 0.3) is 5.91 Å². The van der Waals surface area contributed by atoms with Gasteiger partial charge in [-0.05, 0) is 45.1 Å². The van der Waals surface area contributed by atoms with Crippen LogP contribution >= 0.6 is 11.8 Å². The molecule has 2 aromatic rings. The zero-order chi connectivity index (χ0) is 20.8. The number of thioether (sulfide) groups is 1. The third-order valence-corrected chi connectivity index (χ3v) is 5.68. The largest absolute Gasteiger partial charge is 0.388 e. The number of rotatable bonds is 7. The summed E-state index contributed by atoms with van der Waals surface area (Å²) in [5.41, 5.74) is 7.73. The lowest BCUT2D eigenvalue weighted by atomic mass is 9.90. The molecular formula is C21H30N6OS. The summed E-state index contributed by atoms with van der Waals surface area (Å²) in [5.74, 6) is 2.08. The van der Waals surface area contributed by atoms with E-state index in [0.717, 1.165) is 47.9 Å². The van der Waals surface area contributed by atoms with Crippen LogP contribution in [0, 0.1) is 6.92 Å². The van der Waals surface area contributed by atoms with E-state index in [0.29, 0.717) is 18.2 Å². The van der Waals surface area contributed by atoms with E-state index < -0.39 is 0 Å². The molecule has 1 aliphatic carbocycles. The number of aliphatic imine (C=N–C) groups is 1. The van der Waals surface area contributed by atoms with Crippen LogP contribution in [0.2, 0.25) is 0 Å². The van der Waals surface area contributed by atoms with E-state index in [1.165, 1.54) is 0 Å². The monoisotopic (exact) mass is 414 g/mol. The number of carbonyl (C=O) groups is 1. The van der Waals surface area contributed by atoms with Crippen molar-refractivity contribution < 1.29 is 4.79 Å². The zero-order valence-corrected chi connectivity index (χ0v) is 18.2. The fourth-order valence-electron chi connectivity index (χ4n) is 3.67. The van der Waals surface area contributed by atoms with Gasteiger partial charge in [0.2, 0.25) is 5.82 Å². The lowest BCUT2D eigenvalue weighted by Crippen LogP contribution is -2.37. The van der Waals surface area contributed by atoms with Gasteiger partial charge in [-0.25, -0.2) is 9.97 Å². The van der Waals surface area contributed by atoms with Gasteiger partial charge in [0.1, 0.15) is 5.82 Å². The summed E-state index contributed by atoms with van der Waals surface area (Å²) in [4.78, 5) is 26.3. The minimum atomic E-state index is -0.249. The average Bonchev–Trinajstić information content (AvgIpc) is 2.69. The number of amides is 1. The molecule has 0 bridgehead atoms. The maximum atomic E-state index is 12.6. The highest BCUT2D eigenvalue weighted by molar-refractivity contribution is 7.98. The zero-order valence-electron chi connectivity index (χ0n) is 17.4. The number of benzene rings is 1. The van der Waals surface area contributed by atoms with Crippen LogP contribution in [0.3, 0.4) is 0 Å². The van der Waals surface area contributed by atoms with Crippen molar-refractivity contribution in [2.45, 2.75) is 51.6 Å². The van der Waals surface area contributed by atoms with E-state index in [2.05, 4.69) is 31.7 Å². The molecule has 156 valence electrons. The second-order valence-corrected chi connectivity index (χ2v) is 8.52. The summed E-state index contributed by atoms with van der Waals surface area (Å²) in [5, 5.41) is 7.38. The maximum absolute atomic E-state index is 12.6. The molecule has 3 rings (SSSR count). The van der Waals surface area contributed by atoms with Gasteiger partial charge in [0.15, 0.2) is 0 Å². The first-order valence-corrected chi connectivity index (χ1v) is 11.5. The molecule has 1 aromatic carbocycles. The summed E-state index contributed by atoms with van der Waals surface area (Å²) >= 11 is 1.68. The number of amidine groups is 1. The number of carbonyl (C=O) groups excluding carboxylic acids is 1. The molecule has 1 heterocycles. The van der Waals surface area contributed by atoms with Crippen LogP contribution in [-0.4, -0.2) is 52.3 Å². The summed E-state index contributed by atoms with van der Waals surface area (Å²) in [7, 11) is 0. The van der Waals surface area contributed by atoms with Crippen molar-refractivity contribution in [3.8, 4) is 0 Å². The molecule has 4 N–H and O–H groups in total. The number of hydrogen-bond acceptors (Lipinski definition) is 6. The van der Waals surface area contributed by atoms with Crippen molar-refractivity contribution in [2.75, 3.05) is 23.9 Å². The van der Waals surface area contributed by atoms with Gasteiger partial charge in [-0.3, -0.25) is 9.79 Å². The van der Waals surface area contributed by atoms with E-state index in [1.807, 2.05) is 32.2 Å². The molecule has 1 saturated carbocycles. The Morgan fingerprint density at radius 3 is 2.86 bits per heavy atom. The Hall–Kier alpha value is -2.35. The van der Waals surface area contributed by atoms with Gasteiger partial charge in [0, 0.05) is 23.7 Å². The number of aryl methyl sites for hydroxylation is 1. The first-order chi connectivity index (χ1) is 14.0. The smallest absolute Gasteiger partial charge is 0.289 e. The van der Waals surface area contributed by atoms with Crippen molar-refractivity contribution in [2.24, 2.45) is 10.7 Å². The Bertz CT molecular complexity index is 896. The second-order valence-electron chi connectivity index (χ2n) is 7.54. The minimum absolute atomic E-state index is 0.113. The molecule has 0 saturated heterocycles. The minimum Gasteiger partial charge on any atom is -0.388 e. The molecule has 0 aliphatic heterocycles. The first kappa shape index (κ1) is 21.4. The molecule has 0 unspecified atom stereocenters. The SMILES string of the molecule is CSCCNC(=O)c1nc(N[C@H]2CCCC[C@H]2N=C(C)N)c2cc(C)ccc2n1. The molecular weight excluding hydrogens is 384 g/mol. The molecule has 8 heteroatoms. The molecule has 0 spiro atoms. The third kappa shape index (κ3) is 5.59. The van der Waals surface area contributed by atoms with Gasteiger partial charge in [-0.2, -0.15) is 11.8 Å². The van der Waals surface area contributed by atoms with E-state index in [9.17, 15) is 4.79 Å². The van der Waals surface area contributed by atoms with Crippen molar-refractivity contribution in [1.29, 1.82) is 0 Å². The topological polar surface area (TPSA) is 105 Å². The number of aromatic nitrogens is 2. The normalized spacial score (nSPS) is 19.9. The molecule has 7 nitrogen and oxygen atoms in total. The van der Waals surface area contributed by atoms with Crippen LogP contribution in [-0.2, 0) is 0 Å². The summed E-state index contributed by atoms with van der Waals surface area (Å²) < 4.78 is 0. The molecule has 29 heavy (non-hydrogen) atoms. The van der Waals surface area contributed by atoms with Crippen LogP contribution in [0.25, 0.3) is 10.9 Å². The van der Waals surface area contributed by atoms with Gasteiger partial charge in [-0.1, -0.05) is 24.5 Å². The quantitative estimate of drug-likeness (QED) is 0.365. The Morgan fingerprint density at radius 2 is 2.10 bits per heavy atom. The van der Waals surface area contributed by atoms with Crippen LogP contribution in [0.5, 0.6) is 0 Å². The second kappa shape index (κ2) is 9.91. The van der Waals surface area contributed by atoms with Crippen LogP contribution < -0.4 is 16.4 Å². The van der Waals surface area contributed by atoms with Gasteiger partial charge in [-0.15, -0.1) is 0 Å². The standard InChI is InChI=1S/C21H30N6OS/c1-13-8-9-16-15(12-13)19(27-20(25-16)21(28)23-10-11-29-3)26-18-7-5-4-6-17(18)24-14(2)22/h8-9,12,17-18H,4-7,10-11H2,1-3H3,(H2,22,24)(H,23,28)(H,25,26,27)/t17-,18+/m1/s1. The number of anilines is 1. The summed E-state index contributed by atoms with van der Waals surface area (Å²) in [6.07, 6.45) is 6.28. The fourth-order valence-corrected chi connectivity index (χ4v) is 3.98. The third-order valence-electron chi connectivity index (χ3n) is 5.07. The molecule has 1 aliphatic rings. The van der Waals surface area contributed by atoms with E-state index in [1.54, 1.807) is 11.8 Å². The highest BCUT2D eigenvalue weighted by Gasteiger charge is 2.26. The van der Waals surface area contributed by atoms with E-state index in [4.69, 9.17) is 5.73 Å². The van der Waals surface area contributed by atoms with Gasteiger partial charge in [0.05, 0.1) is 17.4 Å². The van der Waals surface area contributed by atoms with E-state index >= 15 is 0 Å². The lowest BCUT2D eigenvalue weighted by Gasteiger charge is -2.30. The average molecular weight is 415 g/mol. The summed E-state index contributed by atoms with van der Waals surface area (Å²) in [6, 6.07) is 6.25. The fraction of sp³-hybridized carbons (Fsp3) is 0.524. The number of nitrogens with zero attached hydrogens (tertiary/aromatic N) is 3. The first-order valence-electron chi connectivity index (χ1n) is 10.1. The van der Waals surface area contributed by atoms with Crippen molar-refractivity contribution >= 4 is 40.2 Å². The van der Waals surface area contributed by atoms with Crippen LogP contribution in [0.1, 0.15) is 48.8 Å². The highest BCUT2D eigenvalue weighted by atomic mass is 32.2. The lowest BCUT2D eigenvalue weighted by molar-refractivity contribution is 0.0946. The Labute approximate surface area is 176 Å². The number of nitrogens with one attached hydrogen (secondary N) is 2.